The lowest BCUT2D eigenvalue weighted by Gasteiger charge is -2.35. The first-order valence-corrected chi connectivity index (χ1v) is 8.20. The molecular weight excluding hydrogens is 265 g/mol. The van der Waals surface area contributed by atoms with Crippen LogP contribution in [0.3, 0.4) is 0 Å². The third-order valence-electron chi connectivity index (χ3n) is 4.81. The number of aryl methyl sites for hydroxylation is 1. The number of piperidine rings is 1. The van der Waals surface area contributed by atoms with Crippen LogP contribution in [0, 0.1) is 12.7 Å². The maximum atomic E-state index is 13.2. The van der Waals surface area contributed by atoms with Gasteiger partial charge in [0.25, 0.3) is 0 Å². The van der Waals surface area contributed by atoms with Gasteiger partial charge in [-0.15, -0.1) is 0 Å². The Morgan fingerprint density at radius 1 is 1.29 bits per heavy atom. The minimum Gasteiger partial charge on any atom is -0.371 e. The lowest BCUT2D eigenvalue weighted by molar-refractivity contribution is 0.393. The molecule has 1 atom stereocenters. The highest BCUT2D eigenvalue weighted by atomic mass is 19.1. The molecule has 0 saturated carbocycles. The molecule has 0 spiro atoms. The Morgan fingerprint density at radius 3 is 2.76 bits per heavy atom. The van der Waals surface area contributed by atoms with Crippen molar-refractivity contribution in [3.63, 3.8) is 0 Å². The molecule has 2 N–H and O–H groups in total. The van der Waals surface area contributed by atoms with E-state index in [1.165, 1.54) is 37.9 Å². The van der Waals surface area contributed by atoms with Crippen molar-refractivity contribution in [1.29, 1.82) is 0 Å². The summed E-state index contributed by atoms with van der Waals surface area (Å²) in [7, 11) is 0. The van der Waals surface area contributed by atoms with Gasteiger partial charge in [0.15, 0.2) is 0 Å². The van der Waals surface area contributed by atoms with E-state index in [1.807, 2.05) is 13.0 Å². The Hall–Kier alpha value is -1.13. The lowest BCUT2D eigenvalue weighted by Crippen LogP contribution is -2.46. The highest BCUT2D eigenvalue weighted by Crippen LogP contribution is 2.24. The van der Waals surface area contributed by atoms with Gasteiger partial charge in [-0.05, 0) is 62.9 Å². The van der Waals surface area contributed by atoms with Gasteiger partial charge in [0.1, 0.15) is 5.82 Å². The summed E-state index contributed by atoms with van der Waals surface area (Å²) in [5, 5.41) is 7.25. The Bertz CT molecular complexity index is 463. The number of hydrogen-bond donors (Lipinski definition) is 2. The van der Waals surface area contributed by atoms with Crippen molar-refractivity contribution in [2.45, 2.75) is 44.7 Å². The molecule has 0 aromatic heterocycles. The maximum Gasteiger partial charge on any atom is 0.123 e. The largest absolute Gasteiger partial charge is 0.371 e. The van der Waals surface area contributed by atoms with Crippen LogP contribution in [0.5, 0.6) is 0 Å². The zero-order valence-electron chi connectivity index (χ0n) is 12.9. The fraction of sp³-hybridized carbons (Fsp3) is 0.647. The molecule has 2 saturated heterocycles. The van der Waals surface area contributed by atoms with Crippen LogP contribution in [-0.2, 0) is 0 Å². The molecule has 2 fully saturated rings. The minimum absolute atomic E-state index is 0.142. The third-order valence-corrected chi connectivity index (χ3v) is 4.81. The minimum atomic E-state index is -0.142. The molecular formula is C17H26FN3. The normalized spacial score (nSPS) is 23.7. The summed E-state index contributed by atoms with van der Waals surface area (Å²) in [4.78, 5) is 2.39. The van der Waals surface area contributed by atoms with Gasteiger partial charge in [-0.2, -0.15) is 0 Å². The second kappa shape index (κ2) is 6.75. The number of halogens is 1. The zero-order valence-corrected chi connectivity index (χ0v) is 12.9. The van der Waals surface area contributed by atoms with E-state index in [4.69, 9.17) is 0 Å². The number of hydrogen-bond acceptors (Lipinski definition) is 3. The van der Waals surface area contributed by atoms with E-state index in [2.05, 4.69) is 15.5 Å². The molecule has 21 heavy (non-hydrogen) atoms. The van der Waals surface area contributed by atoms with E-state index in [0.29, 0.717) is 12.1 Å². The van der Waals surface area contributed by atoms with Crippen molar-refractivity contribution in [2.75, 3.05) is 31.1 Å². The molecule has 0 amide bonds. The van der Waals surface area contributed by atoms with Crippen LogP contribution in [0.15, 0.2) is 18.2 Å². The van der Waals surface area contributed by atoms with Crippen LogP contribution in [-0.4, -0.2) is 38.3 Å². The standard InChI is InChI=1S/C17H26FN3/c1-13-11-14(18)4-5-17(13)21-9-6-15(7-10-21)20-12-16-3-2-8-19-16/h4-5,11,15-16,19-20H,2-3,6-10,12H2,1H3/t16-/m0/s1. The van der Waals surface area contributed by atoms with Gasteiger partial charge in [-0.25, -0.2) is 4.39 Å². The second-order valence-electron chi connectivity index (χ2n) is 6.39. The van der Waals surface area contributed by atoms with Crippen molar-refractivity contribution < 1.29 is 4.39 Å². The Morgan fingerprint density at radius 2 is 2.10 bits per heavy atom. The third kappa shape index (κ3) is 3.74. The zero-order chi connectivity index (χ0) is 14.7. The quantitative estimate of drug-likeness (QED) is 0.892. The van der Waals surface area contributed by atoms with Gasteiger partial charge in [0.2, 0.25) is 0 Å². The van der Waals surface area contributed by atoms with E-state index in [1.54, 1.807) is 12.1 Å². The predicted octanol–water partition coefficient (Wildman–Crippen LogP) is 2.44. The van der Waals surface area contributed by atoms with E-state index < -0.39 is 0 Å². The van der Waals surface area contributed by atoms with Gasteiger partial charge in [-0.1, -0.05) is 0 Å². The molecule has 0 bridgehead atoms. The summed E-state index contributed by atoms with van der Waals surface area (Å²) in [5.74, 6) is -0.142. The summed E-state index contributed by atoms with van der Waals surface area (Å²) >= 11 is 0. The molecule has 2 heterocycles. The van der Waals surface area contributed by atoms with Crippen LogP contribution in [0.4, 0.5) is 10.1 Å². The highest BCUT2D eigenvalue weighted by molar-refractivity contribution is 5.53. The van der Waals surface area contributed by atoms with Crippen molar-refractivity contribution in [1.82, 2.24) is 10.6 Å². The smallest absolute Gasteiger partial charge is 0.123 e. The van der Waals surface area contributed by atoms with Crippen molar-refractivity contribution in [2.24, 2.45) is 0 Å². The van der Waals surface area contributed by atoms with Gasteiger partial charge in [-0.3, -0.25) is 0 Å². The lowest BCUT2D eigenvalue weighted by atomic mass is 10.0. The van der Waals surface area contributed by atoms with Gasteiger partial charge in [0.05, 0.1) is 0 Å². The Balaban J connectivity index is 1.48. The monoisotopic (exact) mass is 291 g/mol. The molecule has 1 aromatic rings. The van der Waals surface area contributed by atoms with Crippen LogP contribution >= 0.6 is 0 Å². The topological polar surface area (TPSA) is 27.3 Å². The number of benzene rings is 1. The number of nitrogens with zero attached hydrogens (tertiary/aromatic N) is 1. The number of nitrogens with one attached hydrogen (secondary N) is 2. The molecule has 4 heteroatoms. The molecule has 116 valence electrons. The molecule has 2 aliphatic rings. The highest BCUT2D eigenvalue weighted by Gasteiger charge is 2.22. The second-order valence-corrected chi connectivity index (χ2v) is 6.39. The molecule has 3 rings (SSSR count). The molecule has 0 unspecified atom stereocenters. The Labute approximate surface area is 126 Å². The van der Waals surface area contributed by atoms with Crippen LogP contribution in [0.2, 0.25) is 0 Å². The molecule has 3 nitrogen and oxygen atoms in total. The van der Waals surface area contributed by atoms with Gasteiger partial charge < -0.3 is 15.5 Å². The summed E-state index contributed by atoms with van der Waals surface area (Å²) < 4.78 is 13.2. The van der Waals surface area contributed by atoms with Crippen molar-refractivity contribution in [3.8, 4) is 0 Å². The van der Waals surface area contributed by atoms with Crippen molar-refractivity contribution >= 4 is 5.69 Å². The summed E-state index contributed by atoms with van der Waals surface area (Å²) in [6, 6.07) is 6.41. The van der Waals surface area contributed by atoms with Crippen LogP contribution < -0.4 is 15.5 Å². The molecule has 2 aliphatic heterocycles. The summed E-state index contributed by atoms with van der Waals surface area (Å²) in [6.07, 6.45) is 4.96. The Kier molecular flexibility index (Phi) is 4.76. The number of anilines is 1. The van der Waals surface area contributed by atoms with Crippen molar-refractivity contribution in [3.05, 3.63) is 29.6 Å². The first kappa shape index (κ1) is 14.8. The van der Waals surface area contributed by atoms with E-state index in [-0.39, 0.29) is 5.82 Å². The number of rotatable bonds is 4. The van der Waals surface area contributed by atoms with E-state index >= 15 is 0 Å². The SMILES string of the molecule is Cc1cc(F)ccc1N1CCC(NC[C@@H]2CCCN2)CC1. The van der Waals surface area contributed by atoms with Crippen LogP contribution in [0.1, 0.15) is 31.2 Å². The first-order valence-electron chi connectivity index (χ1n) is 8.20. The van der Waals surface area contributed by atoms with Gasteiger partial charge in [0, 0.05) is 37.4 Å². The average molecular weight is 291 g/mol. The predicted molar refractivity (Wildman–Crippen MR) is 85.4 cm³/mol. The summed E-state index contributed by atoms with van der Waals surface area (Å²) in [5.41, 5.74) is 2.23. The fourth-order valence-electron chi connectivity index (χ4n) is 3.54. The first-order chi connectivity index (χ1) is 10.2. The fourth-order valence-corrected chi connectivity index (χ4v) is 3.54. The van der Waals surface area contributed by atoms with E-state index in [9.17, 15) is 4.39 Å². The summed E-state index contributed by atoms with van der Waals surface area (Å²) in [6.45, 7) is 6.38. The molecule has 1 aromatic carbocycles. The van der Waals surface area contributed by atoms with E-state index in [0.717, 1.165) is 25.2 Å². The van der Waals surface area contributed by atoms with Gasteiger partial charge >= 0.3 is 0 Å². The van der Waals surface area contributed by atoms with Crippen LogP contribution in [0.25, 0.3) is 0 Å². The maximum absolute atomic E-state index is 13.2. The average Bonchev–Trinajstić information content (AvgIpc) is 2.99. The molecule has 0 aliphatic carbocycles. The molecule has 0 radical (unpaired) electrons.